The first-order valence-corrected chi connectivity index (χ1v) is 8.92. The molecule has 7 N–H and O–H groups in total. The number of carbonyl (C=O) groups is 5. The van der Waals surface area contributed by atoms with Gasteiger partial charge in [0, 0.05) is 0 Å². The second kappa shape index (κ2) is 11.9. The second-order valence-electron chi connectivity index (χ2n) is 7.24. The summed E-state index contributed by atoms with van der Waals surface area (Å²) in [6.45, 7) is 6.41. The van der Waals surface area contributed by atoms with Crippen LogP contribution in [0.25, 0.3) is 0 Å². The van der Waals surface area contributed by atoms with Crippen molar-refractivity contribution in [1.29, 1.82) is 0 Å². The number of hydrogen-bond donors (Lipinski definition) is 6. The molecule has 11 heteroatoms. The number of carboxylic acid groups (broad SMARTS) is 2. The van der Waals surface area contributed by atoms with Gasteiger partial charge in [-0.1, -0.05) is 27.7 Å². The summed E-state index contributed by atoms with van der Waals surface area (Å²) in [6.07, 6.45) is -0.327. The standard InChI is InChI=1S/C17H30N4O7/c1-8(2)5-10(18)15(25)19-7-12(22)20-11(6-13(23)24)16(26)21-14(9(3)4)17(27)28/h8-11,14H,5-7,18H2,1-4H3,(H,19,25)(H,20,22)(H,21,26)(H,23,24)(H,27,28). The number of carboxylic acids is 2. The summed E-state index contributed by atoms with van der Waals surface area (Å²) >= 11 is 0. The third kappa shape index (κ3) is 9.86. The molecular weight excluding hydrogens is 372 g/mol. The first kappa shape index (κ1) is 25.3. The highest BCUT2D eigenvalue weighted by Gasteiger charge is 2.30. The maximum absolute atomic E-state index is 12.2. The Kier molecular flexibility index (Phi) is 10.8. The SMILES string of the molecule is CC(C)CC(N)C(=O)NCC(=O)NC(CC(=O)O)C(=O)NC(C(=O)O)C(C)C. The summed E-state index contributed by atoms with van der Waals surface area (Å²) in [7, 11) is 0. The van der Waals surface area contributed by atoms with E-state index in [1.807, 2.05) is 13.8 Å². The van der Waals surface area contributed by atoms with Gasteiger partial charge in [0.15, 0.2) is 0 Å². The number of hydrogen-bond acceptors (Lipinski definition) is 6. The zero-order chi connectivity index (χ0) is 22.0. The van der Waals surface area contributed by atoms with Gasteiger partial charge in [0.05, 0.1) is 19.0 Å². The molecule has 0 aliphatic rings. The van der Waals surface area contributed by atoms with E-state index in [1.54, 1.807) is 13.8 Å². The molecule has 0 rings (SSSR count). The number of aliphatic carboxylic acids is 2. The second-order valence-corrected chi connectivity index (χ2v) is 7.24. The molecule has 0 aromatic rings. The smallest absolute Gasteiger partial charge is 0.326 e. The summed E-state index contributed by atoms with van der Waals surface area (Å²) in [4.78, 5) is 58.2. The highest BCUT2D eigenvalue weighted by molar-refractivity contribution is 5.94. The average Bonchev–Trinajstić information content (AvgIpc) is 2.54. The fourth-order valence-electron chi connectivity index (χ4n) is 2.31. The van der Waals surface area contributed by atoms with E-state index in [9.17, 15) is 24.0 Å². The van der Waals surface area contributed by atoms with Gasteiger partial charge in [0.25, 0.3) is 0 Å². The molecule has 0 aromatic heterocycles. The summed E-state index contributed by atoms with van der Waals surface area (Å²) < 4.78 is 0. The molecular formula is C17H30N4O7. The zero-order valence-electron chi connectivity index (χ0n) is 16.5. The molecule has 0 spiro atoms. The Labute approximate surface area is 163 Å². The number of nitrogens with two attached hydrogens (primary N) is 1. The van der Waals surface area contributed by atoms with Crippen molar-refractivity contribution in [3.05, 3.63) is 0 Å². The van der Waals surface area contributed by atoms with Gasteiger partial charge < -0.3 is 31.9 Å². The van der Waals surface area contributed by atoms with Crippen molar-refractivity contribution >= 4 is 29.7 Å². The Balaban J connectivity index is 4.88. The molecule has 0 fully saturated rings. The molecule has 0 bridgehead atoms. The van der Waals surface area contributed by atoms with E-state index in [0.29, 0.717) is 6.42 Å². The lowest BCUT2D eigenvalue weighted by atomic mass is 10.0. The maximum atomic E-state index is 12.2. The molecule has 0 saturated carbocycles. The van der Waals surface area contributed by atoms with E-state index < -0.39 is 66.7 Å². The molecule has 3 amide bonds. The Morgan fingerprint density at radius 1 is 0.929 bits per heavy atom. The van der Waals surface area contributed by atoms with Crippen molar-refractivity contribution in [3.8, 4) is 0 Å². The lowest BCUT2D eigenvalue weighted by molar-refractivity contribution is -0.144. The molecule has 0 heterocycles. The predicted octanol–water partition coefficient (Wildman–Crippen LogP) is -1.34. The van der Waals surface area contributed by atoms with Crippen LogP contribution in [0, 0.1) is 11.8 Å². The van der Waals surface area contributed by atoms with Crippen LogP contribution in [0.15, 0.2) is 0 Å². The lowest BCUT2D eigenvalue weighted by Gasteiger charge is -2.22. The van der Waals surface area contributed by atoms with Gasteiger partial charge in [-0.25, -0.2) is 4.79 Å². The third-order valence-corrected chi connectivity index (χ3v) is 3.75. The highest BCUT2D eigenvalue weighted by Crippen LogP contribution is 2.04. The first-order chi connectivity index (χ1) is 12.8. The van der Waals surface area contributed by atoms with Crippen LogP contribution in [0.2, 0.25) is 0 Å². The minimum atomic E-state index is -1.49. The summed E-state index contributed by atoms with van der Waals surface area (Å²) in [6, 6.07) is -3.53. The Morgan fingerprint density at radius 3 is 1.93 bits per heavy atom. The number of amides is 3. The van der Waals surface area contributed by atoms with Gasteiger partial charge in [-0.15, -0.1) is 0 Å². The van der Waals surface area contributed by atoms with E-state index in [0.717, 1.165) is 0 Å². The number of nitrogens with one attached hydrogen (secondary N) is 3. The molecule has 11 nitrogen and oxygen atoms in total. The Hall–Kier alpha value is -2.69. The van der Waals surface area contributed by atoms with Crippen molar-refractivity contribution in [1.82, 2.24) is 16.0 Å². The van der Waals surface area contributed by atoms with E-state index in [1.165, 1.54) is 0 Å². The summed E-state index contributed by atoms with van der Waals surface area (Å²) in [5.74, 6) is -5.21. The molecule has 3 atom stereocenters. The van der Waals surface area contributed by atoms with E-state index in [4.69, 9.17) is 15.9 Å². The molecule has 28 heavy (non-hydrogen) atoms. The lowest BCUT2D eigenvalue weighted by Crippen LogP contribution is -2.55. The van der Waals surface area contributed by atoms with Gasteiger partial charge >= 0.3 is 11.9 Å². The van der Waals surface area contributed by atoms with Gasteiger partial charge in [0.1, 0.15) is 12.1 Å². The van der Waals surface area contributed by atoms with Crippen LogP contribution in [-0.4, -0.2) is 64.5 Å². The molecule has 160 valence electrons. The van der Waals surface area contributed by atoms with Gasteiger partial charge in [-0.2, -0.15) is 0 Å². The van der Waals surface area contributed by atoms with Gasteiger partial charge in [0.2, 0.25) is 17.7 Å². The molecule has 0 aliphatic carbocycles. The van der Waals surface area contributed by atoms with Crippen LogP contribution >= 0.6 is 0 Å². The zero-order valence-corrected chi connectivity index (χ0v) is 16.5. The number of carbonyl (C=O) groups excluding carboxylic acids is 3. The van der Waals surface area contributed by atoms with Crippen LogP contribution in [-0.2, 0) is 24.0 Å². The predicted molar refractivity (Wildman–Crippen MR) is 99.0 cm³/mol. The van der Waals surface area contributed by atoms with Gasteiger partial charge in [-0.3, -0.25) is 19.2 Å². The van der Waals surface area contributed by atoms with Crippen LogP contribution in [0.1, 0.15) is 40.5 Å². The van der Waals surface area contributed by atoms with Crippen molar-refractivity contribution < 1.29 is 34.2 Å². The number of rotatable bonds is 12. The van der Waals surface area contributed by atoms with Crippen molar-refractivity contribution in [3.63, 3.8) is 0 Å². The van der Waals surface area contributed by atoms with Crippen molar-refractivity contribution in [2.45, 2.75) is 58.7 Å². The fourth-order valence-corrected chi connectivity index (χ4v) is 2.31. The van der Waals surface area contributed by atoms with Gasteiger partial charge in [-0.05, 0) is 18.3 Å². The Bertz CT molecular complexity index is 592. The highest BCUT2D eigenvalue weighted by atomic mass is 16.4. The summed E-state index contributed by atoms with van der Waals surface area (Å²) in [5, 5.41) is 24.8. The van der Waals surface area contributed by atoms with Crippen LogP contribution < -0.4 is 21.7 Å². The molecule has 0 radical (unpaired) electrons. The van der Waals surface area contributed by atoms with Crippen LogP contribution in [0.3, 0.4) is 0 Å². The largest absolute Gasteiger partial charge is 0.481 e. The third-order valence-electron chi connectivity index (χ3n) is 3.75. The molecule has 0 aromatic carbocycles. The normalized spacial score (nSPS) is 14.1. The van der Waals surface area contributed by atoms with Crippen LogP contribution in [0.4, 0.5) is 0 Å². The molecule has 3 unspecified atom stereocenters. The van der Waals surface area contributed by atoms with E-state index in [2.05, 4.69) is 16.0 Å². The molecule has 0 aliphatic heterocycles. The average molecular weight is 402 g/mol. The summed E-state index contributed by atoms with van der Waals surface area (Å²) in [5.41, 5.74) is 5.69. The quantitative estimate of drug-likeness (QED) is 0.231. The maximum Gasteiger partial charge on any atom is 0.326 e. The minimum absolute atomic E-state index is 0.182. The van der Waals surface area contributed by atoms with Crippen molar-refractivity contribution in [2.24, 2.45) is 17.6 Å². The first-order valence-electron chi connectivity index (χ1n) is 8.92. The van der Waals surface area contributed by atoms with E-state index in [-0.39, 0.29) is 5.92 Å². The Morgan fingerprint density at radius 2 is 1.50 bits per heavy atom. The van der Waals surface area contributed by atoms with E-state index >= 15 is 0 Å². The fraction of sp³-hybridized carbons (Fsp3) is 0.706. The molecule has 0 saturated heterocycles. The minimum Gasteiger partial charge on any atom is -0.481 e. The topological polar surface area (TPSA) is 188 Å². The monoisotopic (exact) mass is 402 g/mol. The van der Waals surface area contributed by atoms with Crippen LogP contribution in [0.5, 0.6) is 0 Å². The van der Waals surface area contributed by atoms with Crippen molar-refractivity contribution in [2.75, 3.05) is 6.54 Å².